The summed E-state index contributed by atoms with van der Waals surface area (Å²) in [6.07, 6.45) is 15.0. The number of hydrogen-bond acceptors (Lipinski definition) is 21. The van der Waals surface area contributed by atoms with Crippen LogP contribution < -0.4 is 16.4 Å². The number of ether oxygens (including phenoxy) is 4. The lowest BCUT2D eigenvalue weighted by atomic mass is 10.1. The van der Waals surface area contributed by atoms with E-state index in [9.17, 15) is 47.4 Å². The van der Waals surface area contributed by atoms with Crippen LogP contribution in [-0.2, 0) is 82.0 Å². The van der Waals surface area contributed by atoms with Crippen molar-refractivity contribution < 1.29 is 96.8 Å². The van der Waals surface area contributed by atoms with E-state index < -0.39 is 101 Å². The molecule has 0 spiro atoms. The van der Waals surface area contributed by atoms with E-state index in [1.54, 1.807) is 23.9 Å². The Labute approximate surface area is 730 Å². The number of carbonyl (C=O) groups excluding carboxylic acids is 4. The van der Waals surface area contributed by atoms with Crippen LogP contribution in [0.1, 0.15) is 125 Å². The van der Waals surface area contributed by atoms with Gasteiger partial charge in [-0.3, -0.25) is 0 Å². The maximum atomic E-state index is 13.7. The molecule has 26 nitrogen and oxygen atoms in total. The molecule has 8 N–H and O–H groups in total. The first-order chi connectivity index (χ1) is 56.6. The van der Waals surface area contributed by atoms with E-state index in [0.29, 0.717) is 102 Å². The normalized spacial score (nSPS) is 14.2. The molecule has 4 atom stereocenters. The van der Waals surface area contributed by atoms with Gasteiger partial charge in [-0.1, -0.05) is 192 Å². The fraction of sp³-hybridized carbons (Fsp3) is 0.671. The Balaban J connectivity index is 0.000000648. The van der Waals surface area contributed by atoms with Crippen molar-refractivity contribution >= 4 is 101 Å². The highest BCUT2D eigenvalue weighted by molar-refractivity contribution is 7.85. The zero-order valence-electron chi connectivity index (χ0n) is 75.9. The summed E-state index contributed by atoms with van der Waals surface area (Å²) >= 11 is 0. The predicted octanol–water partition coefficient (Wildman–Crippen LogP) is 15.8. The summed E-state index contributed by atoms with van der Waals surface area (Å²) in [7, 11) is -19.3. The van der Waals surface area contributed by atoms with Crippen molar-refractivity contribution in [3.8, 4) is 0 Å². The topological polar surface area (TPSA) is 332 Å². The molecule has 0 aromatic heterocycles. The summed E-state index contributed by atoms with van der Waals surface area (Å²) in [5, 5.41) is 25.3. The monoisotopic (exact) mass is 1840 g/mol. The van der Waals surface area contributed by atoms with E-state index in [0.717, 1.165) is 66.1 Å². The Morgan fingerprint density at radius 2 is 0.717 bits per heavy atom. The quantitative estimate of drug-likeness (QED) is 0.00934. The number of rotatable bonds is 64. The SMILES string of the molecule is CCCCCCCCCCCCCS(=O)(=O)[N+](C)(C)CCC[Si](C)(CO[Si](C)(CCCN(CCNC(=O)OCc1ccccc1)C(=O)OCc1ccccc1)CCO[Si](C)(C)CO)OC[Si](C)(C)O.C[Si](C)(O)CO[Si](C)(CCCN)CO[Si](C)(CCCN(CCNC(=O)OCc1ccccc1)C(=O)OCc1ccccc1)CCO[Si](C)(C)CO. The van der Waals surface area contributed by atoms with Crippen LogP contribution in [0.3, 0.4) is 0 Å². The third-order valence-corrected chi connectivity index (χ3v) is 42.9. The lowest BCUT2D eigenvalue weighted by Crippen LogP contribution is -2.51. The fourth-order valence-corrected chi connectivity index (χ4v) is 33.5. The molecule has 684 valence electrons. The maximum Gasteiger partial charge on any atom is 0.410 e. The third kappa shape index (κ3) is 50.9. The van der Waals surface area contributed by atoms with Crippen LogP contribution in [0, 0.1) is 0 Å². The van der Waals surface area contributed by atoms with Crippen molar-refractivity contribution in [2.24, 2.45) is 5.73 Å². The Morgan fingerprint density at radius 3 is 1.05 bits per heavy atom. The van der Waals surface area contributed by atoms with Crippen LogP contribution in [0.5, 0.6) is 0 Å². The highest BCUT2D eigenvalue weighted by Crippen LogP contribution is 2.29. The standard InChI is InChI=1S/C50H93N3O11SSi4.C35H63N3O9Si4/c1-10-11-12-13-14-15-16-17-18-19-26-38-65(57,58)53(2,3)36-28-40-69(9,63-45-66(4,5)59)46-64-68(8,41-37-62-67(6,7)44-54)39-27-34-52(50(56)61-43-48-31-24-21-25-32-48)35-33-51-49(55)60-42-47-29-22-20-23-30-47;1-48(2,42)30-46-51(6,24-13-19-36)31-47-50(5,26-23-45-49(3,4)29-39)25-14-21-38(35(41)44-28-33-17-11-8-12-18-33)22-20-37-34(40)43-27-32-15-9-7-10-16-32/h20-25,29-32,54,59H,10-19,26-28,33-46H2,1-9H3;7-12,15-18,39,42H,13-14,19-31,36H2,1-6H3,(H,37,40)/p+1. The molecular formula is C85H157N6O20SSi8+. The lowest BCUT2D eigenvalue weighted by Gasteiger charge is -2.36. The van der Waals surface area contributed by atoms with Crippen molar-refractivity contribution in [3.63, 3.8) is 0 Å². The number of quaternary nitrogens is 1. The fourth-order valence-electron chi connectivity index (χ4n) is 12.7. The van der Waals surface area contributed by atoms with Crippen LogP contribution in [0.2, 0.25) is 115 Å². The molecule has 4 aromatic rings. The van der Waals surface area contributed by atoms with Gasteiger partial charge in [0.15, 0.2) is 16.6 Å². The zero-order valence-corrected chi connectivity index (χ0v) is 84.7. The molecule has 0 bridgehead atoms. The molecule has 4 rings (SSSR count). The lowest BCUT2D eigenvalue weighted by molar-refractivity contribution is -0.762. The summed E-state index contributed by atoms with van der Waals surface area (Å²) in [5.41, 5.74) is 9.37. The van der Waals surface area contributed by atoms with Crippen molar-refractivity contribution in [1.29, 1.82) is 0 Å². The van der Waals surface area contributed by atoms with Crippen molar-refractivity contribution in [2.45, 2.75) is 244 Å². The summed E-state index contributed by atoms with van der Waals surface area (Å²) in [6.45, 7) is 30.3. The van der Waals surface area contributed by atoms with Gasteiger partial charge in [0, 0.05) is 52.5 Å². The number of aliphatic hydroxyl groups excluding tert-OH is 2. The van der Waals surface area contributed by atoms with E-state index >= 15 is 0 Å². The van der Waals surface area contributed by atoms with Gasteiger partial charge in [0.1, 0.15) is 32.2 Å². The highest BCUT2D eigenvalue weighted by atomic mass is 32.2. The summed E-state index contributed by atoms with van der Waals surface area (Å²) in [6, 6.07) is 42.1. The van der Waals surface area contributed by atoms with Crippen molar-refractivity contribution in [2.75, 3.05) is 123 Å². The van der Waals surface area contributed by atoms with E-state index in [1.165, 1.54) is 44.9 Å². The van der Waals surface area contributed by atoms with Crippen molar-refractivity contribution in [1.82, 2.24) is 20.4 Å². The molecule has 0 heterocycles. The number of unbranched alkanes of at least 4 members (excludes halogenated alkanes) is 10. The molecule has 120 heavy (non-hydrogen) atoms. The predicted molar refractivity (Wildman–Crippen MR) is 500 cm³/mol. The third-order valence-electron chi connectivity index (χ3n) is 21.0. The number of hydrogen-bond donors (Lipinski definition) is 7. The molecule has 0 fully saturated rings. The average Bonchev–Trinajstić information content (AvgIpc) is 0.821. The summed E-state index contributed by atoms with van der Waals surface area (Å²) in [4.78, 5) is 76.5. The van der Waals surface area contributed by atoms with Gasteiger partial charge in [0.25, 0.3) is 10.0 Å². The van der Waals surface area contributed by atoms with E-state index in [1.807, 2.05) is 174 Å². The first-order valence-corrected chi connectivity index (χ1v) is 69.1. The van der Waals surface area contributed by atoms with Crippen LogP contribution >= 0.6 is 0 Å². The molecule has 4 amide bonds. The minimum Gasteiger partial charge on any atom is -0.445 e. The number of nitrogens with one attached hydrogen (secondary N) is 2. The molecule has 0 saturated heterocycles. The van der Waals surface area contributed by atoms with E-state index in [4.69, 9.17) is 51.2 Å². The smallest absolute Gasteiger partial charge is 0.410 e. The minimum atomic E-state index is -3.39. The molecule has 0 aliphatic heterocycles. The molecule has 0 aliphatic carbocycles. The second-order valence-electron chi connectivity index (χ2n) is 36.0. The summed E-state index contributed by atoms with van der Waals surface area (Å²) in [5.74, 6) is 0.178. The van der Waals surface area contributed by atoms with Gasteiger partial charge in [-0.15, -0.1) is 0 Å². The number of aliphatic hydroxyl groups is 2. The number of nitrogens with two attached hydrogens (primary N) is 1. The molecule has 4 aromatic carbocycles. The van der Waals surface area contributed by atoms with Gasteiger partial charge in [0.2, 0.25) is 49.9 Å². The van der Waals surface area contributed by atoms with Crippen LogP contribution in [0.15, 0.2) is 121 Å². The van der Waals surface area contributed by atoms with Gasteiger partial charge in [0.05, 0.1) is 58.0 Å². The van der Waals surface area contributed by atoms with Crippen LogP contribution in [-0.4, -0.2) is 256 Å². The van der Waals surface area contributed by atoms with E-state index in [-0.39, 0.29) is 80.9 Å². The molecule has 0 saturated carbocycles. The van der Waals surface area contributed by atoms with Gasteiger partial charge in [-0.05, 0) is 176 Å². The number of benzene rings is 4. The summed E-state index contributed by atoms with van der Waals surface area (Å²) < 4.78 is 88.8. The van der Waals surface area contributed by atoms with Crippen LogP contribution in [0.4, 0.5) is 19.2 Å². The van der Waals surface area contributed by atoms with Crippen molar-refractivity contribution in [3.05, 3.63) is 144 Å². The number of carbonyl (C=O) groups is 4. The molecule has 0 radical (unpaired) electrons. The highest BCUT2D eigenvalue weighted by Gasteiger charge is 2.42. The number of nitrogens with zero attached hydrogens (tertiary/aromatic N) is 3. The van der Waals surface area contributed by atoms with E-state index in [2.05, 4.69) is 43.7 Å². The van der Waals surface area contributed by atoms with Gasteiger partial charge >= 0.3 is 24.4 Å². The molecule has 35 heteroatoms. The van der Waals surface area contributed by atoms with Gasteiger partial charge in [-0.25, -0.2) is 23.1 Å². The molecule has 4 unspecified atom stereocenters. The number of sulfonamides is 1. The maximum absolute atomic E-state index is 13.7. The second kappa shape index (κ2) is 57.7. The molecule has 0 aliphatic rings. The largest absolute Gasteiger partial charge is 0.445 e. The first kappa shape index (κ1) is 109. The average molecular weight is 1840 g/mol. The zero-order chi connectivity index (χ0) is 89.1. The molecular weight excluding hydrogens is 1680 g/mol. The number of amides is 4. The number of alkyl carbamates (subject to hydrolysis) is 2. The van der Waals surface area contributed by atoms with Crippen LogP contribution in [0.25, 0.3) is 0 Å². The Morgan fingerprint density at radius 1 is 0.400 bits per heavy atom. The van der Waals surface area contributed by atoms with Gasteiger partial charge < -0.3 is 91.5 Å². The Kier molecular flexibility index (Phi) is 52.6. The van der Waals surface area contributed by atoms with Gasteiger partial charge in [-0.2, -0.15) is 8.42 Å². The first-order valence-electron chi connectivity index (χ1n) is 43.7. The Bertz CT molecular complexity index is 3540. The second-order valence-corrected chi connectivity index (χ2v) is 70.9. The minimum absolute atomic E-state index is 0.00353. The Hall–Kier alpha value is -4.83.